The van der Waals surface area contributed by atoms with Crippen LogP contribution in [0.15, 0.2) is 4.99 Å². The molecule has 0 aromatic rings. The Balaban J connectivity index is 0.00000264. The molecule has 2 fully saturated rings. The summed E-state index contributed by atoms with van der Waals surface area (Å²) >= 11 is 0. The standard InChI is InChI=1S/C17H32N4O.HI/c1-3-4-11-19-17(18-2)20-15-10-12-21(13-15)16(22)14-8-6-5-7-9-14;/h14-15H,3-13H2,1-2H3,(H2,18,19,20);1H. The lowest BCUT2D eigenvalue weighted by Crippen LogP contribution is -2.45. The summed E-state index contributed by atoms with van der Waals surface area (Å²) < 4.78 is 0. The molecule has 23 heavy (non-hydrogen) atoms. The van der Waals surface area contributed by atoms with Crippen molar-refractivity contribution in [2.75, 3.05) is 26.7 Å². The lowest BCUT2D eigenvalue weighted by Gasteiger charge is -2.26. The molecule has 1 saturated carbocycles. The minimum atomic E-state index is 0. The number of halogens is 1. The molecule has 1 atom stereocenters. The third-order valence-corrected chi connectivity index (χ3v) is 4.84. The van der Waals surface area contributed by atoms with Crippen LogP contribution in [0, 0.1) is 5.92 Å². The average Bonchev–Trinajstić information content (AvgIpc) is 3.02. The van der Waals surface area contributed by atoms with Gasteiger partial charge in [0.2, 0.25) is 5.91 Å². The summed E-state index contributed by atoms with van der Waals surface area (Å²) in [6, 6.07) is 0.334. The van der Waals surface area contributed by atoms with Gasteiger partial charge < -0.3 is 15.5 Å². The highest BCUT2D eigenvalue weighted by Crippen LogP contribution is 2.26. The number of hydrogen-bond acceptors (Lipinski definition) is 2. The van der Waals surface area contributed by atoms with Gasteiger partial charge in [-0.2, -0.15) is 0 Å². The van der Waals surface area contributed by atoms with E-state index >= 15 is 0 Å². The van der Waals surface area contributed by atoms with Crippen molar-refractivity contribution in [3.05, 3.63) is 0 Å². The molecule has 0 spiro atoms. The number of unbranched alkanes of at least 4 members (excludes halogenated alkanes) is 1. The molecule has 1 amide bonds. The van der Waals surface area contributed by atoms with Crippen LogP contribution in [0.2, 0.25) is 0 Å². The SMILES string of the molecule is CCCCNC(=NC)NC1CCN(C(=O)C2CCCCC2)C1.I. The van der Waals surface area contributed by atoms with Crippen LogP contribution < -0.4 is 10.6 Å². The Labute approximate surface area is 158 Å². The highest BCUT2D eigenvalue weighted by molar-refractivity contribution is 14.0. The van der Waals surface area contributed by atoms with Gasteiger partial charge in [-0.15, -0.1) is 24.0 Å². The Morgan fingerprint density at radius 1 is 1.22 bits per heavy atom. The van der Waals surface area contributed by atoms with Gasteiger partial charge in [-0.25, -0.2) is 0 Å². The number of hydrogen-bond donors (Lipinski definition) is 2. The lowest BCUT2D eigenvalue weighted by atomic mass is 9.88. The number of nitrogens with zero attached hydrogens (tertiary/aromatic N) is 2. The first kappa shape index (κ1) is 20.5. The summed E-state index contributed by atoms with van der Waals surface area (Å²) in [6.07, 6.45) is 9.27. The fourth-order valence-electron chi connectivity index (χ4n) is 3.46. The van der Waals surface area contributed by atoms with Crippen molar-refractivity contribution in [2.45, 2.75) is 64.3 Å². The minimum absolute atomic E-state index is 0. The monoisotopic (exact) mass is 436 g/mol. The molecule has 1 unspecified atom stereocenters. The summed E-state index contributed by atoms with van der Waals surface area (Å²) in [5.74, 6) is 1.54. The third-order valence-electron chi connectivity index (χ3n) is 4.84. The van der Waals surface area contributed by atoms with Crippen LogP contribution in [0.5, 0.6) is 0 Å². The van der Waals surface area contributed by atoms with Gasteiger partial charge in [0.05, 0.1) is 0 Å². The number of amides is 1. The quantitative estimate of drug-likeness (QED) is 0.302. The van der Waals surface area contributed by atoms with E-state index in [1.807, 2.05) is 0 Å². The van der Waals surface area contributed by atoms with Gasteiger partial charge in [0.25, 0.3) is 0 Å². The number of rotatable bonds is 5. The van der Waals surface area contributed by atoms with Crippen LogP contribution in [0.3, 0.4) is 0 Å². The van der Waals surface area contributed by atoms with Gasteiger partial charge >= 0.3 is 0 Å². The molecule has 134 valence electrons. The van der Waals surface area contributed by atoms with Crippen molar-refractivity contribution in [3.63, 3.8) is 0 Å². The second-order valence-electron chi connectivity index (χ2n) is 6.60. The van der Waals surface area contributed by atoms with E-state index in [0.717, 1.165) is 51.3 Å². The Kier molecular flexibility index (Phi) is 9.90. The molecule has 2 aliphatic rings. The van der Waals surface area contributed by atoms with Crippen LogP contribution in [0.25, 0.3) is 0 Å². The highest BCUT2D eigenvalue weighted by Gasteiger charge is 2.31. The van der Waals surface area contributed by atoms with E-state index in [1.165, 1.54) is 25.7 Å². The Hall–Kier alpha value is -0.530. The van der Waals surface area contributed by atoms with Crippen LogP contribution in [-0.2, 0) is 4.79 Å². The van der Waals surface area contributed by atoms with Crippen molar-refractivity contribution in [3.8, 4) is 0 Å². The van der Waals surface area contributed by atoms with Crippen molar-refractivity contribution in [1.82, 2.24) is 15.5 Å². The number of guanidine groups is 1. The number of likely N-dealkylation sites (tertiary alicyclic amines) is 1. The first-order valence-corrected chi connectivity index (χ1v) is 9.00. The van der Waals surface area contributed by atoms with E-state index < -0.39 is 0 Å². The van der Waals surface area contributed by atoms with Gasteiger partial charge in [-0.1, -0.05) is 32.6 Å². The summed E-state index contributed by atoms with van der Waals surface area (Å²) in [6.45, 7) is 4.85. The maximum Gasteiger partial charge on any atom is 0.225 e. The third kappa shape index (κ3) is 6.47. The molecular formula is C17H33IN4O. The smallest absolute Gasteiger partial charge is 0.225 e. The molecule has 1 aliphatic heterocycles. The predicted octanol–water partition coefficient (Wildman–Crippen LogP) is 2.75. The van der Waals surface area contributed by atoms with Crippen molar-refractivity contribution >= 4 is 35.8 Å². The first-order valence-electron chi connectivity index (χ1n) is 9.00. The predicted molar refractivity (Wildman–Crippen MR) is 106 cm³/mol. The zero-order chi connectivity index (χ0) is 15.8. The van der Waals surface area contributed by atoms with Gasteiger partial charge in [0.1, 0.15) is 0 Å². The van der Waals surface area contributed by atoms with Crippen molar-refractivity contribution in [1.29, 1.82) is 0 Å². The van der Waals surface area contributed by atoms with Crippen LogP contribution in [0.4, 0.5) is 0 Å². The fourth-order valence-corrected chi connectivity index (χ4v) is 3.46. The minimum Gasteiger partial charge on any atom is -0.356 e. The summed E-state index contributed by atoms with van der Waals surface area (Å²) in [5.41, 5.74) is 0. The largest absolute Gasteiger partial charge is 0.356 e. The van der Waals surface area contributed by atoms with Gasteiger partial charge in [0.15, 0.2) is 5.96 Å². The normalized spacial score (nSPS) is 22.6. The van der Waals surface area contributed by atoms with Crippen LogP contribution in [-0.4, -0.2) is 49.5 Å². The zero-order valence-electron chi connectivity index (χ0n) is 14.6. The zero-order valence-corrected chi connectivity index (χ0v) is 17.0. The molecule has 1 heterocycles. The Bertz CT molecular complexity index is 383. The van der Waals surface area contributed by atoms with E-state index in [9.17, 15) is 4.79 Å². The second-order valence-corrected chi connectivity index (χ2v) is 6.60. The van der Waals surface area contributed by atoms with E-state index in [4.69, 9.17) is 0 Å². The molecule has 1 saturated heterocycles. The van der Waals surface area contributed by atoms with E-state index in [1.54, 1.807) is 7.05 Å². The first-order chi connectivity index (χ1) is 10.7. The summed E-state index contributed by atoms with van der Waals surface area (Å²) in [7, 11) is 1.81. The molecule has 0 aromatic carbocycles. The van der Waals surface area contributed by atoms with E-state index in [-0.39, 0.29) is 29.9 Å². The molecule has 2 N–H and O–H groups in total. The number of carbonyl (C=O) groups is 1. The maximum absolute atomic E-state index is 12.6. The molecule has 2 rings (SSSR count). The molecule has 0 aromatic heterocycles. The number of nitrogens with one attached hydrogen (secondary N) is 2. The lowest BCUT2D eigenvalue weighted by molar-refractivity contribution is -0.135. The van der Waals surface area contributed by atoms with Gasteiger partial charge in [-0.05, 0) is 25.7 Å². The molecule has 6 heteroatoms. The maximum atomic E-state index is 12.6. The number of carbonyl (C=O) groups excluding carboxylic acids is 1. The van der Waals surface area contributed by atoms with Crippen molar-refractivity contribution in [2.24, 2.45) is 10.9 Å². The Morgan fingerprint density at radius 2 is 1.96 bits per heavy atom. The van der Waals surface area contributed by atoms with Crippen LogP contribution >= 0.6 is 24.0 Å². The molecule has 5 nitrogen and oxygen atoms in total. The van der Waals surface area contributed by atoms with E-state index in [0.29, 0.717) is 11.9 Å². The highest BCUT2D eigenvalue weighted by atomic mass is 127. The summed E-state index contributed by atoms with van der Waals surface area (Å²) in [4.78, 5) is 18.9. The fraction of sp³-hybridized carbons (Fsp3) is 0.882. The molecule has 0 bridgehead atoms. The topological polar surface area (TPSA) is 56.7 Å². The van der Waals surface area contributed by atoms with Crippen LogP contribution in [0.1, 0.15) is 58.3 Å². The molecular weight excluding hydrogens is 403 g/mol. The molecule has 1 aliphatic carbocycles. The summed E-state index contributed by atoms with van der Waals surface area (Å²) in [5, 5.41) is 6.80. The van der Waals surface area contributed by atoms with Gasteiger partial charge in [-0.3, -0.25) is 9.79 Å². The average molecular weight is 436 g/mol. The van der Waals surface area contributed by atoms with Gasteiger partial charge in [0, 0.05) is 38.6 Å². The molecule has 0 radical (unpaired) electrons. The Morgan fingerprint density at radius 3 is 2.61 bits per heavy atom. The van der Waals surface area contributed by atoms with Crippen molar-refractivity contribution < 1.29 is 4.79 Å². The second kappa shape index (κ2) is 11.1. The number of aliphatic imine (C=N–C) groups is 1. The van der Waals surface area contributed by atoms with E-state index in [2.05, 4.69) is 27.4 Å².